The summed E-state index contributed by atoms with van der Waals surface area (Å²) in [5.41, 5.74) is 3.32. The molecule has 0 spiro atoms. The molecule has 1 atom stereocenters. The lowest BCUT2D eigenvalue weighted by Gasteiger charge is -2.16. The Morgan fingerprint density at radius 2 is 2.25 bits per heavy atom. The van der Waals surface area contributed by atoms with E-state index in [2.05, 4.69) is 12.2 Å². The Morgan fingerprint density at radius 1 is 1.50 bits per heavy atom. The van der Waals surface area contributed by atoms with Crippen molar-refractivity contribution in [1.82, 2.24) is 5.32 Å². The summed E-state index contributed by atoms with van der Waals surface area (Å²) in [6.45, 7) is 5.17. The number of phenolic OH excluding ortho intramolecular Hbond substituents is 1. The highest BCUT2D eigenvalue weighted by atomic mass is 35.5. The van der Waals surface area contributed by atoms with Crippen molar-refractivity contribution in [2.75, 3.05) is 6.54 Å². The molecule has 2 nitrogen and oxygen atoms in total. The standard InChI is InChI=1S/C13H18ClNO/c1-8-6-12(14)13(16)11(9(8)2)7-10-4-3-5-15-10/h6,10,15-16H,3-5,7H2,1-2H3. The van der Waals surface area contributed by atoms with E-state index in [0.717, 1.165) is 29.7 Å². The van der Waals surface area contributed by atoms with E-state index >= 15 is 0 Å². The fourth-order valence-corrected chi connectivity index (χ4v) is 2.63. The molecule has 2 N–H and O–H groups in total. The van der Waals surface area contributed by atoms with Crippen molar-refractivity contribution >= 4 is 11.6 Å². The van der Waals surface area contributed by atoms with Crippen LogP contribution in [0.2, 0.25) is 5.02 Å². The summed E-state index contributed by atoms with van der Waals surface area (Å²) in [7, 11) is 0. The van der Waals surface area contributed by atoms with Gasteiger partial charge >= 0.3 is 0 Å². The summed E-state index contributed by atoms with van der Waals surface area (Å²) in [5, 5.41) is 13.9. The van der Waals surface area contributed by atoms with Crippen LogP contribution in [0.25, 0.3) is 0 Å². The molecule has 0 amide bonds. The molecule has 0 aliphatic carbocycles. The minimum atomic E-state index is 0.262. The molecular weight excluding hydrogens is 222 g/mol. The maximum atomic E-state index is 10.0. The van der Waals surface area contributed by atoms with Gasteiger partial charge in [-0.05, 0) is 56.8 Å². The van der Waals surface area contributed by atoms with Gasteiger partial charge in [0, 0.05) is 11.6 Å². The van der Waals surface area contributed by atoms with Crippen LogP contribution in [-0.2, 0) is 6.42 Å². The highest BCUT2D eigenvalue weighted by molar-refractivity contribution is 6.32. The van der Waals surface area contributed by atoms with Gasteiger partial charge in [0.05, 0.1) is 5.02 Å². The van der Waals surface area contributed by atoms with Crippen LogP contribution in [0.4, 0.5) is 0 Å². The van der Waals surface area contributed by atoms with Gasteiger partial charge in [-0.3, -0.25) is 0 Å². The zero-order chi connectivity index (χ0) is 11.7. The van der Waals surface area contributed by atoms with Crippen molar-refractivity contribution < 1.29 is 5.11 Å². The van der Waals surface area contributed by atoms with Gasteiger partial charge in [0.2, 0.25) is 0 Å². The third-order valence-electron chi connectivity index (χ3n) is 3.51. The quantitative estimate of drug-likeness (QED) is 0.832. The maximum Gasteiger partial charge on any atom is 0.137 e. The summed E-state index contributed by atoms with van der Waals surface area (Å²) in [5.74, 6) is 0.262. The van der Waals surface area contributed by atoms with Crippen molar-refractivity contribution in [3.05, 3.63) is 27.8 Å². The zero-order valence-corrected chi connectivity index (χ0v) is 10.6. The molecule has 0 radical (unpaired) electrons. The van der Waals surface area contributed by atoms with E-state index < -0.39 is 0 Å². The fourth-order valence-electron chi connectivity index (χ4n) is 2.35. The molecule has 1 aliphatic heterocycles. The number of nitrogens with one attached hydrogen (secondary N) is 1. The van der Waals surface area contributed by atoms with Crippen LogP contribution in [-0.4, -0.2) is 17.7 Å². The largest absolute Gasteiger partial charge is 0.506 e. The average molecular weight is 240 g/mol. The van der Waals surface area contributed by atoms with Crippen LogP contribution in [0.15, 0.2) is 6.07 Å². The van der Waals surface area contributed by atoms with Crippen LogP contribution in [0, 0.1) is 13.8 Å². The molecule has 1 aromatic carbocycles. The van der Waals surface area contributed by atoms with Gasteiger partial charge in [0.1, 0.15) is 5.75 Å². The fraction of sp³-hybridized carbons (Fsp3) is 0.538. The van der Waals surface area contributed by atoms with Gasteiger partial charge in [0.25, 0.3) is 0 Å². The molecule has 1 unspecified atom stereocenters. The highest BCUT2D eigenvalue weighted by Crippen LogP contribution is 2.33. The smallest absolute Gasteiger partial charge is 0.137 e. The second-order valence-electron chi connectivity index (χ2n) is 4.62. The minimum absolute atomic E-state index is 0.262. The highest BCUT2D eigenvalue weighted by Gasteiger charge is 2.19. The van der Waals surface area contributed by atoms with Gasteiger partial charge in [-0.1, -0.05) is 11.6 Å². The molecule has 1 heterocycles. The Morgan fingerprint density at radius 3 is 2.88 bits per heavy atom. The first-order valence-electron chi connectivity index (χ1n) is 5.80. The lowest BCUT2D eigenvalue weighted by atomic mass is 9.96. The van der Waals surface area contributed by atoms with E-state index in [0.29, 0.717) is 11.1 Å². The predicted molar refractivity (Wildman–Crippen MR) is 67.3 cm³/mol. The number of hydrogen-bond donors (Lipinski definition) is 2. The molecule has 0 bridgehead atoms. The first kappa shape index (κ1) is 11.7. The SMILES string of the molecule is Cc1cc(Cl)c(O)c(CC2CCCN2)c1C. The van der Waals surface area contributed by atoms with E-state index in [1.165, 1.54) is 12.8 Å². The van der Waals surface area contributed by atoms with Crippen molar-refractivity contribution in [1.29, 1.82) is 0 Å². The van der Waals surface area contributed by atoms with Crippen molar-refractivity contribution in [3.8, 4) is 5.75 Å². The molecule has 2 rings (SSSR count). The molecule has 1 saturated heterocycles. The second kappa shape index (κ2) is 4.64. The Labute approximate surface area is 102 Å². The monoisotopic (exact) mass is 239 g/mol. The molecule has 0 aromatic heterocycles. The number of phenols is 1. The number of rotatable bonds is 2. The van der Waals surface area contributed by atoms with E-state index in [1.807, 2.05) is 13.0 Å². The summed E-state index contributed by atoms with van der Waals surface area (Å²) in [6, 6.07) is 2.32. The van der Waals surface area contributed by atoms with Crippen LogP contribution < -0.4 is 5.32 Å². The van der Waals surface area contributed by atoms with Gasteiger partial charge in [0.15, 0.2) is 0 Å². The van der Waals surface area contributed by atoms with Gasteiger partial charge in [-0.25, -0.2) is 0 Å². The number of benzene rings is 1. The van der Waals surface area contributed by atoms with Gasteiger partial charge < -0.3 is 10.4 Å². The van der Waals surface area contributed by atoms with Crippen LogP contribution >= 0.6 is 11.6 Å². The van der Waals surface area contributed by atoms with Crippen molar-refractivity contribution in [2.45, 2.75) is 39.2 Å². The first-order chi connectivity index (χ1) is 7.59. The molecule has 16 heavy (non-hydrogen) atoms. The number of halogens is 1. The zero-order valence-electron chi connectivity index (χ0n) is 9.81. The molecule has 1 fully saturated rings. The molecule has 1 aromatic rings. The van der Waals surface area contributed by atoms with E-state index in [1.54, 1.807) is 0 Å². The van der Waals surface area contributed by atoms with Crippen LogP contribution in [0.1, 0.15) is 29.5 Å². The maximum absolute atomic E-state index is 10.0. The normalized spacial score (nSPS) is 20.3. The molecular formula is C13H18ClNO. The third-order valence-corrected chi connectivity index (χ3v) is 3.80. The number of hydrogen-bond acceptors (Lipinski definition) is 2. The van der Waals surface area contributed by atoms with E-state index in [4.69, 9.17) is 11.6 Å². The molecule has 3 heteroatoms. The van der Waals surface area contributed by atoms with E-state index in [-0.39, 0.29) is 5.75 Å². The molecule has 88 valence electrons. The molecule has 1 aliphatic rings. The lowest BCUT2D eigenvalue weighted by molar-refractivity contribution is 0.461. The van der Waals surface area contributed by atoms with E-state index in [9.17, 15) is 5.11 Å². The summed E-state index contributed by atoms with van der Waals surface area (Å²) < 4.78 is 0. The van der Waals surface area contributed by atoms with Gasteiger partial charge in [-0.15, -0.1) is 0 Å². The van der Waals surface area contributed by atoms with Crippen LogP contribution in [0.3, 0.4) is 0 Å². The van der Waals surface area contributed by atoms with Crippen molar-refractivity contribution in [3.63, 3.8) is 0 Å². The topological polar surface area (TPSA) is 32.3 Å². The molecule has 0 saturated carbocycles. The lowest BCUT2D eigenvalue weighted by Crippen LogP contribution is -2.24. The minimum Gasteiger partial charge on any atom is -0.506 e. The third kappa shape index (κ3) is 2.18. The Balaban J connectivity index is 2.31. The Kier molecular flexibility index (Phi) is 3.41. The average Bonchev–Trinajstić information content (AvgIpc) is 2.74. The Bertz CT molecular complexity index is 371. The van der Waals surface area contributed by atoms with Gasteiger partial charge in [-0.2, -0.15) is 0 Å². The second-order valence-corrected chi connectivity index (χ2v) is 5.03. The number of aromatic hydroxyl groups is 1. The number of aryl methyl sites for hydroxylation is 1. The van der Waals surface area contributed by atoms with Crippen molar-refractivity contribution in [2.24, 2.45) is 0 Å². The van der Waals surface area contributed by atoms with Crippen LogP contribution in [0.5, 0.6) is 5.75 Å². The summed E-state index contributed by atoms with van der Waals surface area (Å²) in [4.78, 5) is 0. The summed E-state index contributed by atoms with van der Waals surface area (Å²) >= 11 is 6.01. The first-order valence-corrected chi connectivity index (χ1v) is 6.18. The Hall–Kier alpha value is -0.730. The predicted octanol–water partition coefficient (Wildman–Crippen LogP) is 2.96. The summed E-state index contributed by atoms with van der Waals surface area (Å²) in [6.07, 6.45) is 3.29.